The molecule has 2 fully saturated rings. The van der Waals surface area contributed by atoms with Gasteiger partial charge in [-0.25, -0.2) is 9.37 Å². The van der Waals surface area contributed by atoms with Crippen LogP contribution in [0.25, 0.3) is 0 Å². The number of amides is 1. The van der Waals surface area contributed by atoms with Crippen LogP contribution in [-0.4, -0.2) is 50.3 Å². The molecule has 1 amide bonds. The van der Waals surface area contributed by atoms with Gasteiger partial charge in [-0.1, -0.05) is 6.07 Å². The molecule has 0 bridgehead atoms. The van der Waals surface area contributed by atoms with Crippen molar-refractivity contribution in [1.82, 2.24) is 10.3 Å². The van der Waals surface area contributed by atoms with E-state index >= 15 is 0 Å². The minimum Gasteiger partial charge on any atom is -0.378 e. The van der Waals surface area contributed by atoms with Crippen molar-refractivity contribution in [3.8, 4) is 0 Å². The van der Waals surface area contributed by atoms with Crippen LogP contribution in [0.4, 0.5) is 15.9 Å². The van der Waals surface area contributed by atoms with Gasteiger partial charge in [-0.3, -0.25) is 4.79 Å². The Bertz CT molecular complexity index is 833. The third-order valence-electron chi connectivity index (χ3n) is 5.25. The van der Waals surface area contributed by atoms with Crippen molar-refractivity contribution in [2.75, 3.05) is 49.2 Å². The lowest BCUT2D eigenvalue weighted by Gasteiger charge is -2.29. The van der Waals surface area contributed by atoms with Crippen molar-refractivity contribution in [2.24, 2.45) is 0 Å². The molecule has 0 aliphatic carbocycles. The SMILES string of the molecule is O=C(NCc1ccc(N2CCOCC2)c(F)c1)c1cccnc1N1CCCC1. The highest BCUT2D eigenvalue weighted by Gasteiger charge is 2.20. The standard InChI is InChI=1S/C21H25FN4O2/c22-18-14-16(5-6-19(18)25-10-12-28-13-11-25)15-24-21(27)17-4-3-7-23-20(17)26-8-1-2-9-26/h3-7,14H,1-2,8-13,15H2,(H,24,27). The van der Waals surface area contributed by atoms with Crippen molar-refractivity contribution < 1.29 is 13.9 Å². The van der Waals surface area contributed by atoms with Crippen molar-refractivity contribution in [2.45, 2.75) is 19.4 Å². The molecule has 2 aromatic rings. The summed E-state index contributed by atoms with van der Waals surface area (Å²) in [6, 6.07) is 8.69. The summed E-state index contributed by atoms with van der Waals surface area (Å²) >= 11 is 0. The van der Waals surface area contributed by atoms with Crippen LogP contribution in [0, 0.1) is 5.82 Å². The van der Waals surface area contributed by atoms with Crippen molar-refractivity contribution in [3.05, 3.63) is 53.5 Å². The number of benzene rings is 1. The molecule has 6 nitrogen and oxygen atoms in total. The van der Waals surface area contributed by atoms with E-state index in [2.05, 4.69) is 15.2 Å². The van der Waals surface area contributed by atoms with E-state index in [1.807, 2.05) is 11.0 Å². The van der Waals surface area contributed by atoms with Gasteiger partial charge >= 0.3 is 0 Å². The van der Waals surface area contributed by atoms with Gasteiger partial charge in [0.25, 0.3) is 5.91 Å². The maximum atomic E-state index is 14.5. The van der Waals surface area contributed by atoms with E-state index in [4.69, 9.17) is 4.74 Å². The fourth-order valence-electron chi connectivity index (χ4n) is 3.75. The van der Waals surface area contributed by atoms with E-state index < -0.39 is 0 Å². The first-order valence-corrected chi connectivity index (χ1v) is 9.81. The molecule has 0 unspecified atom stereocenters. The summed E-state index contributed by atoms with van der Waals surface area (Å²) in [5.74, 6) is 0.270. The number of morpholine rings is 1. The second-order valence-corrected chi connectivity index (χ2v) is 7.14. The highest BCUT2D eigenvalue weighted by molar-refractivity contribution is 5.98. The highest BCUT2D eigenvalue weighted by Crippen LogP contribution is 2.23. The van der Waals surface area contributed by atoms with Crippen LogP contribution in [0.15, 0.2) is 36.5 Å². The van der Waals surface area contributed by atoms with E-state index in [1.54, 1.807) is 24.4 Å². The summed E-state index contributed by atoms with van der Waals surface area (Å²) in [5.41, 5.74) is 1.88. The number of nitrogens with zero attached hydrogens (tertiary/aromatic N) is 3. The molecular weight excluding hydrogens is 359 g/mol. The molecule has 0 radical (unpaired) electrons. The molecule has 1 aromatic heterocycles. The van der Waals surface area contributed by atoms with Gasteiger partial charge in [-0.2, -0.15) is 0 Å². The first-order valence-electron chi connectivity index (χ1n) is 9.81. The first-order chi connectivity index (χ1) is 13.7. The van der Waals surface area contributed by atoms with Gasteiger partial charge in [0.2, 0.25) is 0 Å². The minimum absolute atomic E-state index is 0.187. The first kappa shape index (κ1) is 18.7. The van der Waals surface area contributed by atoms with Crippen LogP contribution in [-0.2, 0) is 11.3 Å². The van der Waals surface area contributed by atoms with Crippen LogP contribution in [0.5, 0.6) is 0 Å². The second-order valence-electron chi connectivity index (χ2n) is 7.14. The summed E-state index contributed by atoms with van der Waals surface area (Å²) in [4.78, 5) is 21.2. The lowest BCUT2D eigenvalue weighted by atomic mass is 10.1. The molecule has 1 N–H and O–H groups in total. The second kappa shape index (κ2) is 8.56. The molecule has 7 heteroatoms. The predicted molar refractivity (Wildman–Crippen MR) is 106 cm³/mol. The highest BCUT2D eigenvalue weighted by atomic mass is 19.1. The molecule has 2 aliphatic heterocycles. The van der Waals surface area contributed by atoms with E-state index in [1.165, 1.54) is 6.07 Å². The molecule has 4 rings (SSSR count). The number of hydrogen-bond acceptors (Lipinski definition) is 5. The van der Waals surface area contributed by atoms with Crippen molar-refractivity contribution >= 4 is 17.4 Å². The quantitative estimate of drug-likeness (QED) is 0.859. The van der Waals surface area contributed by atoms with Gasteiger partial charge in [-0.15, -0.1) is 0 Å². The molecule has 3 heterocycles. The van der Waals surface area contributed by atoms with Crippen LogP contribution >= 0.6 is 0 Å². The van der Waals surface area contributed by atoms with Gasteiger partial charge < -0.3 is 19.9 Å². The molecule has 2 aliphatic rings. The number of rotatable bonds is 5. The lowest BCUT2D eigenvalue weighted by Crippen LogP contribution is -2.36. The van der Waals surface area contributed by atoms with E-state index in [0.29, 0.717) is 37.6 Å². The van der Waals surface area contributed by atoms with Crippen molar-refractivity contribution in [1.29, 1.82) is 0 Å². The third kappa shape index (κ3) is 4.09. The Labute approximate surface area is 164 Å². The third-order valence-corrected chi connectivity index (χ3v) is 5.25. The van der Waals surface area contributed by atoms with Crippen LogP contribution < -0.4 is 15.1 Å². The van der Waals surface area contributed by atoms with Gasteiger partial charge in [0.1, 0.15) is 11.6 Å². The zero-order chi connectivity index (χ0) is 19.3. The number of pyridine rings is 1. The van der Waals surface area contributed by atoms with Crippen LogP contribution in [0.2, 0.25) is 0 Å². The molecule has 0 saturated carbocycles. The van der Waals surface area contributed by atoms with Crippen LogP contribution in [0.1, 0.15) is 28.8 Å². The summed E-state index contributed by atoms with van der Waals surface area (Å²) in [5, 5.41) is 2.90. The van der Waals surface area contributed by atoms with Gasteiger partial charge in [0, 0.05) is 38.9 Å². The van der Waals surface area contributed by atoms with Crippen LogP contribution in [0.3, 0.4) is 0 Å². The van der Waals surface area contributed by atoms with Gasteiger partial charge in [-0.05, 0) is 42.7 Å². The Morgan fingerprint density at radius 3 is 2.64 bits per heavy atom. The van der Waals surface area contributed by atoms with E-state index in [0.717, 1.165) is 37.3 Å². The smallest absolute Gasteiger partial charge is 0.255 e. The fraction of sp³-hybridized carbons (Fsp3) is 0.429. The Balaban J connectivity index is 1.42. The zero-order valence-corrected chi connectivity index (χ0v) is 15.9. The topological polar surface area (TPSA) is 57.7 Å². The average Bonchev–Trinajstić information content (AvgIpc) is 3.27. The summed E-state index contributed by atoms with van der Waals surface area (Å²) in [7, 11) is 0. The number of halogens is 1. The van der Waals surface area contributed by atoms with Gasteiger partial charge in [0.15, 0.2) is 0 Å². The zero-order valence-electron chi connectivity index (χ0n) is 15.9. The number of carbonyl (C=O) groups is 1. The summed E-state index contributed by atoms with van der Waals surface area (Å²) in [6.45, 7) is 4.72. The molecule has 28 heavy (non-hydrogen) atoms. The number of ether oxygens (including phenoxy) is 1. The summed E-state index contributed by atoms with van der Waals surface area (Å²) < 4.78 is 19.9. The lowest BCUT2D eigenvalue weighted by molar-refractivity contribution is 0.0951. The Morgan fingerprint density at radius 2 is 1.89 bits per heavy atom. The molecule has 0 atom stereocenters. The fourth-order valence-corrected chi connectivity index (χ4v) is 3.75. The molecule has 1 aromatic carbocycles. The predicted octanol–water partition coefficient (Wildman–Crippen LogP) is 2.59. The number of aromatic nitrogens is 1. The molecule has 148 valence electrons. The van der Waals surface area contributed by atoms with Gasteiger partial charge in [0.05, 0.1) is 24.5 Å². The Morgan fingerprint density at radius 1 is 1.11 bits per heavy atom. The number of hydrogen-bond donors (Lipinski definition) is 1. The normalized spacial score (nSPS) is 17.0. The summed E-state index contributed by atoms with van der Waals surface area (Å²) in [6.07, 6.45) is 3.95. The monoisotopic (exact) mass is 384 g/mol. The molecule has 2 saturated heterocycles. The number of carbonyl (C=O) groups excluding carboxylic acids is 1. The maximum absolute atomic E-state index is 14.5. The van der Waals surface area contributed by atoms with E-state index in [9.17, 15) is 9.18 Å². The average molecular weight is 384 g/mol. The minimum atomic E-state index is -0.271. The molecule has 0 spiro atoms. The largest absolute Gasteiger partial charge is 0.378 e. The maximum Gasteiger partial charge on any atom is 0.255 e. The van der Waals surface area contributed by atoms with Crippen molar-refractivity contribution in [3.63, 3.8) is 0 Å². The Kier molecular flexibility index (Phi) is 5.71. The molecular formula is C21H25FN4O2. The Hall–Kier alpha value is -2.67. The number of anilines is 2. The number of nitrogens with one attached hydrogen (secondary N) is 1. The van der Waals surface area contributed by atoms with E-state index in [-0.39, 0.29) is 18.3 Å².